The highest BCUT2D eigenvalue weighted by Crippen LogP contribution is 2.36. The molecule has 1 aromatic carbocycles. The number of hydrogen-bond donors (Lipinski definition) is 0. The first kappa shape index (κ1) is 9.47. The lowest BCUT2D eigenvalue weighted by atomic mass is 9.74. The van der Waals surface area contributed by atoms with Crippen LogP contribution in [0.3, 0.4) is 0 Å². The molecular formula is C13H16O. The monoisotopic (exact) mass is 188 g/mol. The molecule has 1 aliphatic rings. The Kier molecular flexibility index (Phi) is 2.20. The standard InChI is InChI=1S/C13H16O/c1-13(2)11-7-5-4-6-10(11)8-9-12(13)14-3/h4-9,12H,1-3H3. The van der Waals surface area contributed by atoms with Gasteiger partial charge in [0.2, 0.25) is 0 Å². The molecule has 0 bridgehead atoms. The van der Waals surface area contributed by atoms with E-state index in [1.807, 2.05) is 0 Å². The Balaban J connectivity index is 2.54. The summed E-state index contributed by atoms with van der Waals surface area (Å²) in [6, 6.07) is 8.50. The van der Waals surface area contributed by atoms with Gasteiger partial charge in [-0.3, -0.25) is 0 Å². The summed E-state index contributed by atoms with van der Waals surface area (Å²) in [6.45, 7) is 4.45. The quantitative estimate of drug-likeness (QED) is 0.658. The van der Waals surface area contributed by atoms with Gasteiger partial charge in [-0.25, -0.2) is 0 Å². The molecular weight excluding hydrogens is 172 g/mol. The molecule has 0 aliphatic heterocycles. The van der Waals surface area contributed by atoms with Gasteiger partial charge < -0.3 is 4.74 Å². The second-order valence-electron chi connectivity index (χ2n) is 4.32. The Morgan fingerprint density at radius 2 is 1.93 bits per heavy atom. The first-order valence-electron chi connectivity index (χ1n) is 4.97. The molecule has 0 fully saturated rings. The van der Waals surface area contributed by atoms with Crippen molar-refractivity contribution in [3.63, 3.8) is 0 Å². The Morgan fingerprint density at radius 3 is 2.64 bits per heavy atom. The number of ether oxygens (including phenoxy) is 1. The zero-order chi connectivity index (χ0) is 10.2. The van der Waals surface area contributed by atoms with Crippen LogP contribution in [0.25, 0.3) is 6.08 Å². The minimum absolute atomic E-state index is 0.0695. The fraction of sp³-hybridized carbons (Fsp3) is 0.385. The summed E-state index contributed by atoms with van der Waals surface area (Å²) < 4.78 is 5.48. The molecule has 74 valence electrons. The third-order valence-corrected chi connectivity index (χ3v) is 3.07. The van der Waals surface area contributed by atoms with Gasteiger partial charge in [-0.05, 0) is 11.1 Å². The molecule has 0 radical (unpaired) electrons. The molecule has 0 heterocycles. The first-order chi connectivity index (χ1) is 6.66. The van der Waals surface area contributed by atoms with Gasteiger partial charge >= 0.3 is 0 Å². The van der Waals surface area contributed by atoms with E-state index in [1.165, 1.54) is 11.1 Å². The summed E-state index contributed by atoms with van der Waals surface area (Å²) in [4.78, 5) is 0. The maximum atomic E-state index is 5.48. The number of methoxy groups -OCH3 is 1. The lowest BCUT2D eigenvalue weighted by molar-refractivity contribution is 0.0824. The van der Waals surface area contributed by atoms with Gasteiger partial charge in [0.1, 0.15) is 0 Å². The zero-order valence-electron chi connectivity index (χ0n) is 8.95. The molecule has 1 aliphatic carbocycles. The molecule has 0 aromatic heterocycles. The highest BCUT2D eigenvalue weighted by atomic mass is 16.5. The summed E-state index contributed by atoms with van der Waals surface area (Å²) in [5, 5.41) is 0. The van der Waals surface area contributed by atoms with E-state index in [2.05, 4.69) is 50.3 Å². The third kappa shape index (κ3) is 1.28. The van der Waals surface area contributed by atoms with Gasteiger partial charge in [0.05, 0.1) is 6.10 Å². The topological polar surface area (TPSA) is 9.23 Å². The average Bonchev–Trinajstić information content (AvgIpc) is 2.18. The van der Waals surface area contributed by atoms with Gasteiger partial charge in [0, 0.05) is 12.5 Å². The molecule has 0 N–H and O–H groups in total. The summed E-state index contributed by atoms with van der Waals surface area (Å²) in [5.74, 6) is 0. The highest BCUT2D eigenvalue weighted by Gasteiger charge is 2.33. The SMILES string of the molecule is COC1C=Cc2ccccc2C1(C)C. The Hall–Kier alpha value is -1.08. The second kappa shape index (κ2) is 3.25. The molecule has 14 heavy (non-hydrogen) atoms. The number of benzene rings is 1. The first-order valence-corrected chi connectivity index (χ1v) is 4.97. The molecule has 1 aromatic rings. The van der Waals surface area contributed by atoms with Crippen molar-refractivity contribution in [2.45, 2.75) is 25.4 Å². The van der Waals surface area contributed by atoms with Crippen LogP contribution >= 0.6 is 0 Å². The van der Waals surface area contributed by atoms with Crippen molar-refractivity contribution < 1.29 is 4.74 Å². The zero-order valence-corrected chi connectivity index (χ0v) is 8.95. The number of hydrogen-bond acceptors (Lipinski definition) is 1. The number of fused-ring (bicyclic) bond motifs is 1. The van der Waals surface area contributed by atoms with Crippen molar-refractivity contribution in [3.05, 3.63) is 41.5 Å². The van der Waals surface area contributed by atoms with Gasteiger partial charge in [-0.1, -0.05) is 50.3 Å². The summed E-state index contributed by atoms with van der Waals surface area (Å²) in [7, 11) is 1.77. The van der Waals surface area contributed by atoms with E-state index in [4.69, 9.17) is 4.74 Å². The van der Waals surface area contributed by atoms with Crippen LogP contribution in [0.2, 0.25) is 0 Å². The molecule has 0 amide bonds. The molecule has 0 spiro atoms. The van der Waals surface area contributed by atoms with Gasteiger partial charge in [0.25, 0.3) is 0 Å². The van der Waals surface area contributed by atoms with E-state index in [1.54, 1.807) is 7.11 Å². The van der Waals surface area contributed by atoms with Crippen LogP contribution in [0.1, 0.15) is 25.0 Å². The molecule has 1 heteroatoms. The van der Waals surface area contributed by atoms with Crippen LogP contribution in [0.5, 0.6) is 0 Å². The molecule has 1 nitrogen and oxygen atoms in total. The number of rotatable bonds is 1. The van der Waals surface area contributed by atoms with Crippen molar-refractivity contribution in [2.75, 3.05) is 7.11 Å². The van der Waals surface area contributed by atoms with Crippen molar-refractivity contribution in [2.24, 2.45) is 0 Å². The van der Waals surface area contributed by atoms with E-state index >= 15 is 0 Å². The molecule has 1 unspecified atom stereocenters. The fourth-order valence-corrected chi connectivity index (χ4v) is 2.19. The van der Waals surface area contributed by atoms with Crippen LogP contribution in [-0.4, -0.2) is 13.2 Å². The predicted molar refractivity (Wildman–Crippen MR) is 59.3 cm³/mol. The van der Waals surface area contributed by atoms with Crippen LogP contribution in [0.4, 0.5) is 0 Å². The van der Waals surface area contributed by atoms with Crippen molar-refractivity contribution in [3.8, 4) is 0 Å². The Morgan fingerprint density at radius 1 is 1.21 bits per heavy atom. The summed E-state index contributed by atoms with van der Waals surface area (Å²) in [5.41, 5.74) is 2.75. The average molecular weight is 188 g/mol. The van der Waals surface area contributed by atoms with Crippen molar-refractivity contribution >= 4 is 6.08 Å². The smallest absolute Gasteiger partial charge is 0.0846 e. The maximum Gasteiger partial charge on any atom is 0.0846 e. The minimum Gasteiger partial charge on any atom is -0.376 e. The lowest BCUT2D eigenvalue weighted by Crippen LogP contribution is -2.36. The molecule has 1 atom stereocenters. The Bertz CT molecular complexity index is 363. The highest BCUT2D eigenvalue weighted by molar-refractivity contribution is 5.60. The summed E-state index contributed by atoms with van der Waals surface area (Å²) >= 11 is 0. The predicted octanol–water partition coefficient (Wildman–Crippen LogP) is 3.01. The van der Waals surface area contributed by atoms with E-state index in [9.17, 15) is 0 Å². The fourth-order valence-electron chi connectivity index (χ4n) is 2.19. The largest absolute Gasteiger partial charge is 0.376 e. The maximum absolute atomic E-state index is 5.48. The van der Waals surface area contributed by atoms with Gasteiger partial charge in [0.15, 0.2) is 0 Å². The minimum atomic E-state index is 0.0695. The van der Waals surface area contributed by atoms with Gasteiger partial charge in [-0.2, -0.15) is 0 Å². The van der Waals surface area contributed by atoms with E-state index in [0.717, 1.165) is 0 Å². The van der Waals surface area contributed by atoms with Crippen molar-refractivity contribution in [1.82, 2.24) is 0 Å². The lowest BCUT2D eigenvalue weighted by Gasteiger charge is -2.36. The van der Waals surface area contributed by atoms with Crippen LogP contribution in [0, 0.1) is 0 Å². The van der Waals surface area contributed by atoms with Crippen LogP contribution in [0.15, 0.2) is 30.3 Å². The summed E-state index contributed by atoms with van der Waals surface area (Å²) in [6.07, 6.45) is 4.47. The third-order valence-electron chi connectivity index (χ3n) is 3.07. The van der Waals surface area contributed by atoms with Crippen LogP contribution < -0.4 is 0 Å². The molecule has 0 saturated carbocycles. The van der Waals surface area contributed by atoms with Crippen LogP contribution in [-0.2, 0) is 10.2 Å². The van der Waals surface area contributed by atoms with Gasteiger partial charge in [-0.15, -0.1) is 0 Å². The van der Waals surface area contributed by atoms with E-state index in [0.29, 0.717) is 0 Å². The normalized spacial score (nSPS) is 23.2. The molecule has 0 saturated heterocycles. The second-order valence-corrected chi connectivity index (χ2v) is 4.32. The van der Waals surface area contributed by atoms with E-state index in [-0.39, 0.29) is 11.5 Å². The van der Waals surface area contributed by atoms with E-state index < -0.39 is 0 Å². The Labute approximate surface area is 85.4 Å². The van der Waals surface area contributed by atoms with Crippen molar-refractivity contribution in [1.29, 1.82) is 0 Å². The molecule has 2 rings (SSSR count).